The van der Waals surface area contributed by atoms with Crippen molar-refractivity contribution in [2.45, 2.75) is 56.7 Å². The number of nitrogens with two attached hydrogens (primary N) is 1. The highest BCUT2D eigenvalue weighted by atomic mass is 19.4. The van der Waals surface area contributed by atoms with E-state index in [0.29, 0.717) is 19.4 Å². The van der Waals surface area contributed by atoms with Gasteiger partial charge in [-0.1, -0.05) is 12.8 Å². The number of nitrogens with one attached hydrogen (secondary N) is 1. The maximum absolute atomic E-state index is 12.6. The highest BCUT2D eigenvalue weighted by Gasteiger charge is 2.45. The molecular weight excluding hydrogens is 241 g/mol. The first kappa shape index (κ1) is 14.1. The Morgan fingerprint density at radius 3 is 2.17 bits per heavy atom. The molecule has 0 unspecified atom stereocenters. The second-order valence-electron chi connectivity index (χ2n) is 5.96. The van der Waals surface area contributed by atoms with Gasteiger partial charge in [-0.15, -0.1) is 0 Å². The van der Waals surface area contributed by atoms with Gasteiger partial charge >= 0.3 is 6.18 Å². The Labute approximate surface area is 106 Å². The van der Waals surface area contributed by atoms with Crippen LogP contribution in [-0.2, 0) is 0 Å². The lowest BCUT2D eigenvalue weighted by atomic mass is 9.76. The summed E-state index contributed by atoms with van der Waals surface area (Å²) in [4.78, 5) is 0. The zero-order valence-electron chi connectivity index (χ0n) is 10.7. The summed E-state index contributed by atoms with van der Waals surface area (Å²) in [6, 6.07) is 0. The Bertz CT molecular complexity index is 266. The minimum absolute atomic E-state index is 0.219. The molecule has 0 aliphatic heterocycles. The molecule has 0 aromatic rings. The molecule has 0 bridgehead atoms. The van der Waals surface area contributed by atoms with E-state index in [1.807, 2.05) is 0 Å². The SMILES string of the molecule is NCC1(NCCC2CC2)CCC(C(F)(F)F)CC1. The lowest BCUT2D eigenvalue weighted by molar-refractivity contribution is -0.185. The molecule has 2 aliphatic carbocycles. The largest absolute Gasteiger partial charge is 0.391 e. The molecule has 0 amide bonds. The van der Waals surface area contributed by atoms with Crippen molar-refractivity contribution in [3.05, 3.63) is 0 Å². The molecule has 5 heteroatoms. The fraction of sp³-hybridized carbons (Fsp3) is 1.00. The van der Waals surface area contributed by atoms with Crippen LogP contribution in [0.25, 0.3) is 0 Å². The summed E-state index contributed by atoms with van der Waals surface area (Å²) in [5.74, 6) is -0.277. The maximum Gasteiger partial charge on any atom is 0.391 e. The van der Waals surface area contributed by atoms with Crippen LogP contribution in [0.5, 0.6) is 0 Å². The van der Waals surface area contributed by atoms with E-state index in [9.17, 15) is 13.2 Å². The van der Waals surface area contributed by atoms with Crippen LogP contribution < -0.4 is 11.1 Å². The first-order valence-corrected chi connectivity index (χ1v) is 6.97. The predicted molar refractivity (Wildman–Crippen MR) is 65.1 cm³/mol. The van der Waals surface area contributed by atoms with E-state index in [2.05, 4.69) is 5.32 Å². The first-order chi connectivity index (χ1) is 8.45. The van der Waals surface area contributed by atoms with Crippen molar-refractivity contribution < 1.29 is 13.2 Å². The highest BCUT2D eigenvalue weighted by molar-refractivity contribution is 4.95. The average molecular weight is 264 g/mol. The van der Waals surface area contributed by atoms with Gasteiger partial charge in [0.15, 0.2) is 0 Å². The van der Waals surface area contributed by atoms with Gasteiger partial charge in [-0.3, -0.25) is 0 Å². The number of rotatable bonds is 5. The minimum atomic E-state index is -4.03. The standard InChI is InChI=1S/C13H23F3N2/c14-13(15,16)11-3-6-12(9-17,7-4-11)18-8-5-10-1-2-10/h10-11,18H,1-9,17H2. The average Bonchev–Trinajstić information content (AvgIpc) is 3.12. The third kappa shape index (κ3) is 3.60. The Balaban J connectivity index is 1.78. The van der Waals surface area contributed by atoms with E-state index in [1.54, 1.807) is 0 Å². The molecule has 2 nitrogen and oxygen atoms in total. The molecule has 2 aliphatic rings. The van der Waals surface area contributed by atoms with Crippen molar-refractivity contribution in [3.8, 4) is 0 Å². The summed E-state index contributed by atoms with van der Waals surface area (Å²) in [5.41, 5.74) is 5.54. The fourth-order valence-corrected chi connectivity index (χ4v) is 2.90. The lowest BCUT2D eigenvalue weighted by Crippen LogP contribution is -2.54. The number of hydrogen-bond acceptors (Lipinski definition) is 2. The van der Waals surface area contributed by atoms with Gasteiger partial charge in [-0.25, -0.2) is 0 Å². The molecular formula is C13H23F3N2. The van der Waals surface area contributed by atoms with E-state index in [0.717, 1.165) is 18.9 Å². The number of alkyl halides is 3. The molecule has 0 spiro atoms. The summed E-state index contributed by atoms with van der Waals surface area (Å²) in [5, 5.41) is 3.44. The van der Waals surface area contributed by atoms with Gasteiger partial charge in [-0.2, -0.15) is 13.2 Å². The molecule has 106 valence electrons. The van der Waals surface area contributed by atoms with E-state index in [4.69, 9.17) is 5.73 Å². The summed E-state index contributed by atoms with van der Waals surface area (Å²) >= 11 is 0. The van der Waals surface area contributed by atoms with Crippen LogP contribution in [0.1, 0.15) is 44.9 Å². The zero-order valence-corrected chi connectivity index (χ0v) is 10.7. The van der Waals surface area contributed by atoms with Crippen LogP contribution in [0.2, 0.25) is 0 Å². The predicted octanol–water partition coefficient (Wildman–Crippen LogP) is 2.83. The topological polar surface area (TPSA) is 38.0 Å². The molecule has 0 atom stereocenters. The molecule has 2 fully saturated rings. The van der Waals surface area contributed by atoms with Crippen LogP contribution in [0.4, 0.5) is 13.2 Å². The Kier molecular flexibility index (Phi) is 4.22. The Morgan fingerprint density at radius 2 is 1.72 bits per heavy atom. The molecule has 0 aromatic carbocycles. The molecule has 3 N–H and O–H groups in total. The van der Waals surface area contributed by atoms with E-state index in [-0.39, 0.29) is 18.4 Å². The smallest absolute Gasteiger partial charge is 0.329 e. The maximum atomic E-state index is 12.6. The van der Waals surface area contributed by atoms with Crippen LogP contribution in [0.3, 0.4) is 0 Å². The van der Waals surface area contributed by atoms with Crippen molar-refractivity contribution in [3.63, 3.8) is 0 Å². The minimum Gasteiger partial charge on any atom is -0.329 e. The summed E-state index contributed by atoms with van der Waals surface area (Å²) in [6.45, 7) is 1.35. The second kappa shape index (κ2) is 5.37. The fourth-order valence-electron chi connectivity index (χ4n) is 2.90. The van der Waals surface area contributed by atoms with Gasteiger partial charge in [0, 0.05) is 12.1 Å². The van der Waals surface area contributed by atoms with Crippen LogP contribution in [0.15, 0.2) is 0 Å². The van der Waals surface area contributed by atoms with Crippen molar-refractivity contribution in [1.82, 2.24) is 5.32 Å². The molecule has 18 heavy (non-hydrogen) atoms. The normalized spacial score (nSPS) is 33.7. The van der Waals surface area contributed by atoms with Gasteiger partial charge in [-0.05, 0) is 44.6 Å². The third-order valence-electron chi connectivity index (χ3n) is 4.55. The van der Waals surface area contributed by atoms with Crippen molar-refractivity contribution in [2.75, 3.05) is 13.1 Å². The van der Waals surface area contributed by atoms with Gasteiger partial charge in [0.25, 0.3) is 0 Å². The Morgan fingerprint density at radius 1 is 1.11 bits per heavy atom. The van der Waals surface area contributed by atoms with Gasteiger partial charge in [0.1, 0.15) is 0 Å². The molecule has 0 radical (unpaired) electrons. The van der Waals surface area contributed by atoms with E-state index < -0.39 is 12.1 Å². The van der Waals surface area contributed by atoms with E-state index in [1.165, 1.54) is 12.8 Å². The molecule has 0 aromatic heterocycles. The van der Waals surface area contributed by atoms with E-state index >= 15 is 0 Å². The van der Waals surface area contributed by atoms with Gasteiger partial charge in [0.2, 0.25) is 0 Å². The second-order valence-corrected chi connectivity index (χ2v) is 5.96. The van der Waals surface area contributed by atoms with Crippen molar-refractivity contribution >= 4 is 0 Å². The molecule has 0 heterocycles. The highest BCUT2D eigenvalue weighted by Crippen LogP contribution is 2.41. The van der Waals surface area contributed by atoms with Crippen LogP contribution >= 0.6 is 0 Å². The summed E-state index contributed by atoms with van der Waals surface area (Å²) < 4.78 is 37.8. The summed E-state index contributed by atoms with van der Waals surface area (Å²) in [6.07, 6.45) is 1.28. The summed E-state index contributed by atoms with van der Waals surface area (Å²) in [7, 11) is 0. The molecule has 2 rings (SSSR count). The van der Waals surface area contributed by atoms with Crippen LogP contribution in [-0.4, -0.2) is 24.8 Å². The third-order valence-corrected chi connectivity index (χ3v) is 4.55. The molecule has 2 saturated carbocycles. The van der Waals surface area contributed by atoms with Gasteiger partial charge < -0.3 is 11.1 Å². The zero-order chi connectivity index (χ0) is 13.2. The number of halogens is 3. The van der Waals surface area contributed by atoms with Crippen molar-refractivity contribution in [2.24, 2.45) is 17.6 Å². The molecule has 0 saturated heterocycles. The monoisotopic (exact) mass is 264 g/mol. The van der Waals surface area contributed by atoms with Crippen LogP contribution in [0, 0.1) is 11.8 Å². The number of hydrogen-bond donors (Lipinski definition) is 2. The van der Waals surface area contributed by atoms with Crippen molar-refractivity contribution in [1.29, 1.82) is 0 Å². The quantitative estimate of drug-likeness (QED) is 0.801. The first-order valence-electron chi connectivity index (χ1n) is 6.97. The van der Waals surface area contributed by atoms with Gasteiger partial charge in [0.05, 0.1) is 5.92 Å². The lowest BCUT2D eigenvalue weighted by Gasteiger charge is -2.40. The Hall–Kier alpha value is -0.290.